The number of hydrogen-bond donors (Lipinski definition) is 1. The number of nitriles is 1. The number of unbranched alkanes of at least 4 members (excludes halogenated alkanes) is 2. The molecule has 146 valence electrons. The van der Waals surface area contributed by atoms with E-state index in [-0.39, 0.29) is 5.57 Å². The number of hydrogen-bond acceptors (Lipinski definition) is 4. The van der Waals surface area contributed by atoms with Crippen LogP contribution in [0.25, 0.3) is 6.08 Å². The summed E-state index contributed by atoms with van der Waals surface area (Å²) in [4.78, 5) is 12.4. The summed E-state index contributed by atoms with van der Waals surface area (Å²) in [7, 11) is 1.55. The van der Waals surface area contributed by atoms with E-state index in [0.717, 1.165) is 19.3 Å². The zero-order chi connectivity index (χ0) is 20.4. The van der Waals surface area contributed by atoms with E-state index in [4.69, 9.17) is 21.1 Å². The normalized spacial score (nSPS) is 10.9. The monoisotopic (exact) mass is 398 g/mol. The summed E-state index contributed by atoms with van der Waals surface area (Å²) in [6, 6.07) is 14.1. The molecule has 2 rings (SSSR count). The van der Waals surface area contributed by atoms with Crippen LogP contribution in [0.15, 0.2) is 48.0 Å². The first-order valence-electron chi connectivity index (χ1n) is 9.07. The van der Waals surface area contributed by atoms with Gasteiger partial charge in [-0.3, -0.25) is 4.79 Å². The Kier molecular flexibility index (Phi) is 8.38. The number of amides is 1. The van der Waals surface area contributed by atoms with Crippen LogP contribution in [-0.4, -0.2) is 19.6 Å². The molecule has 1 N–H and O–H groups in total. The zero-order valence-electron chi connectivity index (χ0n) is 16.0. The summed E-state index contributed by atoms with van der Waals surface area (Å²) in [6.45, 7) is 2.75. The number of methoxy groups -OCH3 is 1. The lowest BCUT2D eigenvalue weighted by Crippen LogP contribution is -2.13. The first-order valence-corrected chi connectivity index (χ1v) is 9.45. The zero-order valence-corrected chi connectivity index (χ0v) is 16.8. The molecule has 0 unspecified atom stereocenters. The summed E-state index contributed by atoms with van der Waals surface area (Å²) in [5.74, 6) is 0.651. The molecule has 0 spiro atoms. The Bertz CT molecular complexity index is 888. The molecule has 0 fully saturated rings. The fourth-order valence-electron chi connectivity index (χ4n) is 2.49. The van der Waals surface area contributed by atoms with Crippen molar-refractivity contribution < 1.29 is 14.3 Å². The van der Waals surface area contributed by atoms with Gasteiger partial charge >= 0.3 is 0 Å². The van der Waals surface area contributed by atoms with Gasteiger partial charge in [0.2, 0.25) is 0 Å². The fraction of sp³-hybridized carbons (Fsp3) is 0.273. The van der Waals surface area contributed by atoms with Crippen molar-refractivity contribution in [3.05, 3.63) is 58.6 Å². The molecule has 0 heterocycles. The number of halogens is 1. The number of anilines is 1. The van der Waals surface area contributed by atoms with Crippen molar-refractivity contribution in [2.24, 2.45) is 0 Å². The second-order valence-electron chi connectivity index (χ2n) is 6.07. The van der Waals surface area contributed by atoms with Gasteiger partial charge in [0, 0.05) is 0 Å². The first-order chi connectivity index (χ1) is 13.6. The smallest absolute Gasteiger partial charge is 0.266 e. The minimum atomic E-state index is -0.533. The van der Waals surface area contributed by atoms with Crippen LogP contribution in [0.3, 0.4) is 0 Å². The maximum absolute atomic E-state index is 12.4. The Morgan fingerprint density at radius 2 is 2.00 bits per heavy atom. The molecule has 0 aliphatic carbocycles. The maximum atomic E-state index is 12.4. The highest BCUT2D eigenvalue weighted by Gasteiger charge is 2.12. The molecule has 1 amide bonds. The molecule has 28 heavy (non-hydrogen) atoms. The molecule has 0 aliphatic heterocycles. The standard InChI is InChI=1S/C22H23ClN2O3/c1-3-4-7-12-28-20-11-10-16(14-21(20)27-2)13-17(15-24)22(26)25-19-9-6-5-8-18(19)23/h5-6,8-11,13-14H,3-4,7,12H2,1-2H3,(H,25,26)/b17-13-. The van der Waals surface area contributed by atoms with Crippen molar-refractivity contribution in [1.29, 1.82) is 5.26 Å². The second-order valence-corrected chi connectivity index (χ2v) is 6.48. The number of para-hydroxylation sites is 1. The SMILES string of the molecule is CCCCCOc1ccc(/C=C(/C#N)C(=O)Nc2ccccc2Cl)cc1OC. The quantitative estimate of drug-likeness (QED) is 0.345. The van der Waals surface area contributed by atoms with Gasteiger partial charge in [-0.1, -0.05) is 49.6 Å². The molecule has 0 saturated heterocycles. The van der Waals surface area contributed by atoms with Crippen LogP contribution in [0.5, 0.6) is 11.5 Å². The number of nitrogens with one attached hydrogen (secondary N) is 1. The Morgan fingerprint density at radius 1 is 1.21 bits per heavy atom. The van der Waals surface area contributed by atoms with Crippen molar-refractivity contribution >= 4 is 29.3 Å². The average molecular weight is 399 g/mol. The summed E-state index contributed by atoms with van der Waals surface area (Å²) < 4.78 is 11.1. The van der Waals surface area contributed by atoms with Crippen LogP contribution in [0.1, 0.15) is 31.7 Å². The maximum Gasteiger partial charge on any atom is 0.266 e. The molecule has 6 heteroatoms. The number of carbonyl (C=O) groups excluding carboxylic acids is 1. The third kappa shape index (κ3) is 6.04. The highest BCUT2D eigenvalue weighted by molar-refractivity contribution is 6.34. The lowest BCUT2D eigenvalue weighted by atomic mass is 10.1. The van der Waals surface area contributed by atoms with Gasteiger partial charge in [-0.2, -0.15) is 5.26 Å². The summed E-state index contributed by atoms with van der Waals surface area (Å²) in [5, 5.41) is 12.4. The molecule has 0 saturated carbocycles. The Balaban J connectivity index is 2.15. The second kappa shape index (κ2) is 11.0. The first kappa shape index (κ1) is 21.3. The summed E-state index contributed by atoms with van der Waals surface area (Å²) in [5.41, 5.74) is 1.06. The summed E-state index contributed by atoms with van der Waals surface area (Å²) >= 11 is 6.05. The minimum Gasteiger partial charge on any atom is -0.493 e. The molecule has 5 nitrogen and oxygen atoms in total. The number of nitrogens with zero attached hydrogens (tertiary/aromatic N) is 1. The number of carbonyl (C=O) groups is 1. The number of ether oxygens (including phenoxy) is 2. The Labute approximate surface area is 170 Å². The molecule has 2 aromatic carbocycles. The Morgan fingerprint density at radius 3 is 2.68 bits per heavy atom. The van der Waals surface area contributed by atoms with Gasteiger partial charge in [0.15, 0.2) is 11.5 Å². The van der Waals surface area contributed by atoms with Gasteiger partial charge in [0.1, 0.15) is 11.6 Å². The fourth-order valence-corrected chi connectivity index (χ4v) is 2.68. The third-order valence-corrected chi connectivity index (χ3v) is 4.32. The average Bonchev–Trinajstić information content (AvgIpc) is 2.71. The van der Waals surface area contributed by atoms with Crippen molar-refractivity contribution in [2.45, 2.75) is 26.2 Å². The van der Waals surface area contributed by atoms with E-state index in [9.17, 15) is 10.1 Å². The van der Waals surface area contributed by atoms with Gasteiger partial charge in [-0.15, -0.1) is 0 Å². The highest BCUT2D eigenvalue weighted by Crippen LogP contribution is 2.29. The lowest BCUT2D eigenvalue weighted by molar-refractivity contribution is -0.112. The van der Waals surface area contributed by atoms with E-state index < -0.39 is 5.91 Å². The predicted octanol–water partition coefficient (Wildman–Crippen LogP) is 5.46. The third-order valence-electron chi connectivity index (χ3n) is 3.99. The molecule has 0 aromatic heterocycles. The molecular formula is C22H23ClN2O3. The van der Waals surface area contributed by atoms with E-state index >= 15 is 0 Å². The van der Waals surface area contributed by atoms with Crippen molar-refractivity contribution in [3.8, 4) is 17.6 Å². The van der Waals surface area contributed by atoms with Crippen molar-refractivity contribution in [3.63, 3.8) is 0 Å². The van der Waals surface area contributed by atoms with Crippen LogP contribution >= 0.6 is 11.6 Å². The van der Waals surface area contributed by atoms with E-state index in [0.29, 0.717) is 34.4 Å². The van der Waals surface area contributed by atoms with Gasteiger partial charge in [-0.25, -0.2) is 0 Å². The predicted molar refractivity (Wildman–Crippen MR) is 112 cm³/mol. The molecule has 0 atom stereocenters. The molecule has 0 bridgehead atoms. The van der Waals surface area contributed by atoms with Gasteiger partial charge in [0.25, 0.3) is 5.91 Å². The van der Waals surface area contributed by atoms with E-state index in [2.05, 4.69) is 12.2 Å². The largest absolute Gasteiger partial charge is 0.493 e. The molecule has 0 radical (unpaired) electrons. The van der Waals surface area contributed by atoms with Crippen molar-refractivity contribution in [2.75, 3.05) is 19.0 Å². The van der Waals surface area contributed by atoms with Crippen LogP contribution < -0.4 is 14.8 Å². The molecular weight excluding hydrogens is 376 g/mol. The van der Waals surface area contributed by atoms with E-state index in [1.54, 1.807) is 49.6 Å². The van der Waals surface area contributed by atoms with Crippen LogP contribution in [0.2, 0.25) is 5.02 Å². The summed E-state index contributed by atoms with van der Waals surface area (Å²) in [6.07, 6.45) is 4.70. The highest BCUT2D eigenvalue weighted by atomic mass is 35.5. The van der Waals surface area contributed by atoms with Gasteiger partial charge < -0.3 is 14.8 Å². The van der Waals surface area contributed by atoms with Crippen LogP contribution in [-0.2, 0) is 4.79 Å². The minimum absolute atomic E-state index is 0.0430. The lowest BCUT2D eigenvalue weighted by Gasteiger charge is -2.11. The van der Waals surface area contributed by atoms with E-state index in [1.807, 2.05) is 6.07 Å². The Hall–Kier alpha value is -2.97. The topological polar surface area (TPSA) is 71.3 Å². The van der Waals surface area contributed by atoms with E-state index in [1.165, 1.54) is 6.08 Å². The number of rotatable bonds is 9. The number of benzene rings is 2. The van der Waals surface area contributed by atoms with Gasteiger partial charge in [0.05, 0.1) is 24.4 Å². The molecule has 2 aromatic rings. The van der Waals surface area contributed by atoms with Crippen LogP contribution in [0, 0.1) is 11.3 Å². The molecule has 0 aliphatic rings. The van der Waals surface area contributed by atoms with Crippen LogP contribution in [0.4, 0.5) is 5.69 Å². The van der Waals surface area contributed by atoms with Crippen molar-refractivity contribution in [1.82, 2.24) is 0 Å². The van der Waals surface area contributed by atoms with Gasteiger partial charge in [-0.05, 0) is 42.3 Å².